The summed E-state index contributed by atoms with van der Waals surface area (Å²) < 4.78 is 13.5. The van der Waals surface area contributed by atoms with Gasteiger partial charge in [0, 0.05) is 12.6 Å². The molecule has 0 aliphatic carbocycles. The topological polar surface area (TPSA) is 72.4 Å². The molecule has 1 saturated heterocycles. The van der Waals surface area contributed by atoms with E-state index in [1.54, 1.807) is 12.1 Å². The van der Waals surface area contributed by atoms with Gasteiger partial charge < -0.3 is 16.4 Å². The molecular weight excluding hydrogens is 233 g/mol. The van der Waals surface area contributed by atoms with Crippen LogP contribution in [0.4, 0.5) is 15.8 Å². The van der Waals surface area contributed by atoms with Gasteiger partial charge in [0.25, 0.3) is 0 Å². The third-order valence-corrected chi connectivity index (χ3v) is 3.62. The summed E-state index contributed by atoms with van der Waals surface area (Å²) >= 11 is 0. The zero-order chi connectivity index (χ0) is 13.3. The van der Waals surface area contributed by atoms with E-state index in [0.717, 1.165) is 12.8 Å². The van der Waals surface area contributed by atoms with Crippen molar-refractivity contribution in [2.75, 3.05) is 17.2 Å². The number of rotatable bonds is 2. The lowest BCUT2D eigenvalue weighted by Gasteiger charge is -2.39. The maximum absolute atomic E-state index is 13.5. The van der Waals surface area contributed by atoms with Crippen molar-refractivity contribution in [3.63, 3.8) is 0 Å². The molecule has 1 aliphatic rings. The molecule has 0 saturated carbocycles. The van der Waals surface area contributed by atoms with Crippen molar-refractivity contribution in [1.29, 1.82) is 0 Å². The van der Waals surface area contributed by atoms with E-state index < -0.39 is 5.82 Å². The van der Waals surface area contributed by atoms with Crippen molar-refractivity contribution in [3.8, 4) is 0 Å². The maximum atomic E-state index is 13.5. The summed E-state index contributed by atoms with van der Waals surface area (Å²) in [5.74, 6) is -0.924. The molecule has 18 heavy (non-hydrogen) atoms. The molecule has 1 amide bonds. The summed E-state index contributed by atoms with van der Waals surface area (Å²) in [7, 11) is 0. The van der Waals surface area contributed by atoms with E-state index in [-0.39, 0.29) is 23.6 Å². The van der Waals surface area contributed by atoms with Crippen LogP contribution in [-0.4, -0.2) is 18.5 Å². The summed E-state index contributed by atoms with van der Waals surface area (Å²) in [6.45, 7) is 2.55. The third-order valence-electron chi connectivity index (χ3n) is 3.62. The Hall–Kier alpha value is -1.78. The molecule has 1 aromatic rings. The lowest BCUT2D eigenvalue weighted by atomic mass is 9.92. The van der Waals surface area contributed by atoms with Gasteiger partial charge in [0.1, 0.15) is 5.82 Å². The molecular formula is C13H18FN3O. The first-order valence-electron chi connectivity index (χ1n) is 6.10. The number of halogens is 1. The highest BCUT2D eigenvalue weighted by molar-refractivity contribution is 5.78. The minimum absolute atomic E-state index is 0.134. The number of hydrogen-bond donors (Lipinski definition) is 2. The van der Waals surface area contributed by atoms with Crippen molar-refractivity contribution in [2.45, 2.75) is 25.8 Å². The van der Waals surface area contributed by atoms with Gasteiger partial charge in [-0.15, -0.1) is 0 Å². The number of amides is 1. The van der Waals surface area contributed by atoms with Crippen LogP contribution in [0.15, 0.2) is 18.2 Å². The Bertz CT molecular complexity index is 464. The lowest BCUT2D eigenvalue weighted by Crippen LogP contribution is -2.46. The summed E-state index contributed by atoms with van der Waals surface area (Å²) in [5.41, 5.74) is 11.9. The van der Waals surface area contributed by atoms with Crippen LogP contribution in [-0.2, 0) is 4.79 Å². The highest BCUT2D eigenvalue weighted by Gasteiger charge is 2.29. The molecule has 1 fully saturated rings. The number of nitrogen functional groups attached to an aromatic ring is 1. The molecule has 4 N–H and O–H groups in total. The summed E-state index contributed by atoms with van der Waals surface area (Å²) in [5, 5.41) is 0. The molecule has 0 radical (unpaired) electrons. The minimum atomic E-state index is -0.430. The predicted molar refractivity (Wildman–Crippen MR) is 69.5 cm³/mol. The molecule has 2 unspecified atom stereocenters. The van der Waals surface area contributed by atoms with E-state index in [1.165, 1.54) is 6.07 Å². The number of nitrogens with zero attached hydrogens (tertiary/aromatic N) is 1. The molecule has 5 heteroatoms. The Morgan fingerprint density at radius 3 is 2.83 bits per heavy atom. The first-order chi connectivity index (χ1) is 8.50. The molecule has 4 nitrogen and oxygen atoms in total. The van der Waals surface area contributed by atoms with Crippen molar-refractivity contribution >= 4 is 17.3 Å². The fraction of sp³-hybridized carbons (Fsp3) is 0.462. The van der Waals surface area contributed by atoms with E-state index in [4.69, 9.17) is 11.5 Å². The van der Waals surface area contributed by atoms with Crippen molar-refractivity contribution < 1.29 is 9.18 Å². The fourth-order valence-electron chi connectivity index (χ4n) is 2.45. The van der Waals surface area contributed by atoms with Crippen LogP contribution in [0.25, 0.3) is 0 Å². The molecule has 0 aromatic heterocycles. The molecule has 1 aliphatic heterocycles. The van der Waals surface area contributed by atoms with Crippen molar-refractivity contribution in [3.05, 3.63) is 24.0 Å². The van der Waals surface area contributed by atoms with Gasteiger partial charge in [-0.05, 0) is 31.9 Å². The van der Waals surface area contributed by atoms with Crippen LogP contribution < -0.4 is 16.4 Å². The Balaban J connectivity index is 2.30. The van der Waals surface area contributed by atoms with Crippen LogP contribution in [0.1, 0.15) is 19.8 Å². The fourth-order valence-corrected chi connectivity index (χ4v) is 2.45. The van der Waals surface area contributed by atoms with Gasteiger partial charge in [-0.3, -0.25) is 4.79 Å². The quantitative estimate of drug-likeness (QED) is 0.782. The number of carbonyl (C=O) groups excluding carboxylic acids is 1. The number of piperidine rings is 1. The average molecular weight is 251 g/mol. The van der Waals surface area contributed by atoms with Gasteiger partial charge in [0.05, 0.1) is 17.3 Å². The van der Waals surface area contributed by atoms with Crippen LogP contribution in [0.5, 0.6) is 0 Å². The summed E-state index contributed by atoms with van der Waals surface area (Å²) in [4.78, 5) is 13.2. The molecule has 0 spiro atoms. The predicted octanol–water partition coefficient (Wildman–Crippen LogP) is 1.50. The number of benzene rings is 1. The highest BCUT2D eigenvalue weighted by atomic mass is 19.1. The monoisotopic (exact) mass is 251 g/mol. The Morgan fingerprint density at radius 1 is 1.44 bits per heavy atom. The van der Waals surface area contributed by atoms with E-state index >= 15 is 0 Å². The number of nitrogens with two attached hydrogens (primary N) is 2. The van der Waals surface area contributed by atoms with E-state index in [0.29, 0.717) is 12.2 Å². The number of carbonyl (C=O) groups is 1. The first-order valence-corrected chi connectivity index (χ1v) is 6.10. The smallest absolute Gasteiger partial charge is 0.222 e. The zero-order valence-corrected chi connectivity index (χ0v) is 10.4. The first kappa shape index (κ1) is 12.7. The molecule has 98 valence electrons. The zero-order valence-electron chi connectivity index (χ0n) is 10.4. The maximum Gasteiger partial charge on any atom is 0.222 e. The SMILES string of the molecule is CC1CCC(C(N)=O)CN1c1cccc(F)c1N. The second kappa shape index (κ2) is 4.84. The van der Waals surface area contributed by atoms with Gasteiger partial charge in [-0.25, -0.2) is 4.39 Å². The number of hydrogen-bond acceptors (Lipinski definition) is 3. The lowest BCUT2D eigenvalue weighted by molar-refractivity contribution is -0.122. The summed E-state index contributed by atoms with van der Waals surface area (Å²) in [6, 6.07) is 4.96. The van der Waals surface area contributed by atoms with E-state index in [1.807, 2.05) is 11.8 Å². The Labute approximate surface area is 106 Å². The standard InChI is InChI=1S/C13H18FN3O/c1-8-5-6-9(13(16)18)7-17(8)11-4-2-3-10(14)12(11)15/h2-4,8-9H,5-7,15H2,1H3,(H2,16,18). The highest BCUT2D eigenvalue weighted by Crippen LogP contribution is 2.32. The van der Waals surface area contributed by atoms with Crippen LogP contribution in [0, 0.1) is 11.7 Å². The van der Waals surface area contributed by atoms with Crippen LogP contribution >= 0.6 is 0 Å². The molecule has 2 rings (SSSR count). The van der Waals surface area contributed by atoms with E-state index in [2.05, 4.69) is 0 Å². The van der Waals surface area contributed by atoms with Crippen molar-refractivity contribution in [2.24, 2.45) is 11.7 Å². The Kier molecular flexibility index (Phi) is 3.41. The van der Waals surface area contributed by atoms with Gasteiger partial charge in [0.15, 0.2) is 0 Å². The van der Waals surface area contributed by atoms with Crippen LogP contribution in [0.3, 0.4) is 0 Å². The second-order valence-electron chi connectivity index (χ2n) is 4.85. The average Bonchev–Trinajstić information content (AvgIpc) is 2.33. The largest absolute Gasteiger partial charge is 0.395 e. The Morgan fingerprint density at radius 2 is 2.17 bits per heavy atom. The number of primary amides is 1. The summed E-state index contributed by atoms with van der Waals surface area (Å²) in [6.07, 6.45) is 1.63. The molecule has 1 heterocycles. The molecule has 1 aromatic carbocycles. The molecule has 2 atom stereocenters. The van der Waals surface area contributed by atoms with Gasteiger partial charge >= 0.3 is 0 Å². The van der Waals surface area contributed by atoms with Gasteiger partial charge in [-0.1, -0.05) is 6.07 Å². The van der Waals surface area contributed by atoms with Crippen LogP contribution in [0.2, 0.25) is 0 Å². The van der Waals surface area contributed by atoms with Gasteiger partial charge in [-0.2, -0.15) is 0 Å². The third kappa shape index (κ3) is 2.25. The van der Waals surface area contributed by atoms with Crippen molar-refractivity contribution in [1.82, 2.24) is 0 Å². The number of anilines is 2. The number of para-hydroxylation sites is 1. The molecule has 0 bridgehead atoms. The van der Waals surface area contributed by atoms with Gasteiger partial charge in [0.2, 0.25) is 5.91 Å². The second-order valence-corrected chi connectivity index (χ2v) is 4.85. The normalized spacial score (nSPS) is 24.0. The minimum Gasteiger partial charge on any atom is -0.395 e. The van der Waals surface area contributed by atoms with E-state index in [9.17, 15) is 9.18 Å².